The van der Waals surface area contributed by atoms with Crippen LogP contribution in [0.3, 0.4) is 0 Å². The predicted molar refractivity (Wildman–Crippen MR) is 114 cm³/mol. The number of hydrogen-bond acceptors (Lipinski definition) is 4. The van der Waals surface area contributed by atoms with Crippen molar-refractivity contribution in [2.24, 2.45) is 0 Å². The highest BCUT2D eigenvalue weighted by Gasteiger charge is 2.44. The molecule has 0 radical (unpaired) electrons. The Kier molecular flexibility index (Phi) is 5.59. The lowest BCUT2D eigenvalue weighted by Crippen LogP contribution is -2.54. The minimum atomic E-state index is -3.36. The van der Waals surface area contributed by atoms with Crippen molar-refractivity contribution in [1.29, 1.82) is 0 Å². The summed E-state index contributed by atoms with van der Waals surface area (Å²) in [5, 5.41) is 0. The maximum absolute atomic E-state index is 12.6. The number of rotatable bonds is 5. The molecule has 0 N–H and O–H groups in total. The molecule has 0 amide bonds. The first-order valence-electron chi connectivity index (χ1n) is 10.4. The van der Waals surface area contributed by atoms with Crippen molar-refractivity contribution >= 4 is 10.2 Å². The fourth-order valence-corrected chi connectivity index (χ4v) is 5.92. The monoisotopic (exact) mass is 417 g/mol. The van der Waals surface area contributed by atoms with E-state index in [2.05, 4.69) is 48.2 Å². The summed E-state index contributed by atoms with van der Waals surface area (Å²) < 4.78 is 34.0. The van der Waals surface area contributed by atoms with E-state index in [0.29, 0.717) is 13.1 Å². The van der Waals surface area contributed by atoms with Crippen LogP contribution in [0.5, 0.6) is 0 Å². The number of fused-ring (bicyclic) bond motifs is 2. The van der Waals surface area contributed by atoms with Crippen LogP contribution in [0.15, 0.2) is 40.8 Å². The number of nitrogens with zero attached hydrogens (tertiary/aromatic N) is 3. The van der Waals surface area contributed by atoms with Gasteiger partial charge in [-0.1, -0.05) is 31.2 Å². The number of benzene rings is 1. The zero-order valence-electron chi connectivity index (χ0n) is 17.6. The lowest BCUT2D eigenvalue weighted by molar-refractivity contribution is 0.114. The quantitative estimate of drug-likeness (QED) is 0.751. The Balaban J connectivity index is 1.57. The van der Waals surface area contributed by atoms with Crippen LogP contribution in [0.2, 0.25) is 0 Å². The van der Waals surface area contributed by atoms with Gasteiger partial charge < -0.3 is 4.42 Å². The predicted octanol–water partition coefficient (Wildman–Crippen LogP) is 3.00. The van der Waals surface area contributed by atoms with E-state index in [0.717, 1.165) is 50.4 Å². The van der Waals surface area contributed by atoms with Gasteiger partial charge in [0.1, 0.15) is 11.5 Å². The van der Waals surface area contributed by atoms with Gasteiger partial charge in [0.2, 0.25) is 0 Å². The van der Waals surface area contributed by atoms with Gasteiger partial charge in [0.25, 0.3) is 10.2 Å². The van der Waals surface area contributed by atoms with E-state index in [4.69, 9.17) is 4.42 Å². The number of hydrogen-bond donors (Lipinski definition) is 0. The van der Waals surface area contributed by atoms with Crippen molar-refractivity contribution in [3.05, 3.63) is 59.0 Å². The highest BCUT2D eigenvalue weighted by Crippen LogP contribution is 2.42. The van der Waals surface area contributed by atoms with Crippen LogP contribution < -0.4 is 0 Å². The minimum Gasteiger partial charge on any atom is -0.465 e. The third-order valence-electron chi connectivity index (χ3n) is 6.42. The first-order valence-corrected chi connectivity index (χ1v) is 11.8. The summed E-state index contributed by atoms with van der Waals surface area (Å²) in [5.74, 6) is 2.03. The average Bonchev–Trinajstić information content (AvgIpc) is 3.16. The largest absolute Gasteiger partial charge is 0.465 e. The summed E-state index contributed by atoms with van der Waals surface area (Å²) in [6.45, 7) is 5.84. The van der Waals surface area contributed by atoms with Gasteiger partial charge in [-0.15, -0.1) is 0 Å². The van der Waals surface area contributed by atoms with Crippen molar-refractivity contribution in [3.8, 4) is 0 Å². The van der Waals surface area contributed by atoms with Crippen LogP contribution in [-0.2, 0) is 35.1 Å². The van der Waals surface area contributed by atoms with Crippen LogP contribution in [0.1, 0.15) is 42.4 Å². The third-order valence-corrected chi connectivity index (χ3v) is 8.36. The smallest absolute Gasteiger partial charge is 0.281 e. The first-order chi connectivity index (χ1) is 13.8. The highest BCUT2D eigenvalue weighted by atomic mass is 32.2. The molecule has 1 fully saturated rings. The van der Waals surface area contributed by atoms with Crippen LogP contribution in [-0.4, -0.2) is 55.7 Å². The SMILES string of the molecule is CCc1ccc(CN2Cc3ccccc3C3(CCN(S(=O)(=O)N(C)C)CC3)C2)o1. The molecule has 3 heterocycles. The lowest BCUT2D eigenvalue weighted by Gasteiger charge is -2.48. The zero-order chi connectivity index (χ0) is 20.6. The van der Waals surface area contributed by atoms with Gasteiger partial charge in [0.15, 0.2) is 0 Å². The van der Waals surface area contributed by atoms with Crippen LogP contribution in [0.4, 0.5) is 0 Å². The summed E-state index contributed by atoms with van der Waals surface area (Å²) in [7, 11) is -0.152. The van der Waals surface area contributed by atoms with E-state index in [9.17, 15) is 8.42 Å². The van der Waals surface area contributed by atoms with Gasteiger partial charge >= 0.3 is 0 Å². The van der Waals surface area contributed by atoms with E-state index in [1.165, 1.54) is 15.4 Å². The molecular formula is C22H31N3O3S. The molecule has 6 nitrogen and oxygen atoms in total. The molecular weight excluding hydrogens is 386 g/mol. The Hall–Kier alpha value is -1.67. The highest BCUT2D eigenvalue weighted by molar-refractivity contribution is 7.86. The van der Waals surface area contributed by atoms with Gasteiger partial charge in [-0.05, 0) is 36.1 Å². The van der Waals surface area contributed by atoms with Crippen LogP contribution in [0.25, 0.3) is 0 Å². The van der Waals surface area contributed by atoms with Crippen LogP contribution in [0, 0.1) is 0 Å². The molecule has 1 aromatic carbocycles. The van der Waals surface area contributed by atoms with Gasteiger partial charge in [0, 0.05) is 52.1 Å². The number of furan rings is 1. The molecule has 2 aliphatic rings. The molecule has 0 atom stereocenters. The lowest BCUT2D eigenvalue weighted by atomic mass is 9.69. The molecule has 1 spiro atoms. The Labute approximate surface area is 174 Å². The van der Waals surface area contributed by atoms with Gasteiger partial charge in [-0.2, -0.15) is 17.0 Å². The molecule has 158 valence electrons. The van der Waals surface area contributed by atoms with E-state index in [-0.39, 0.29) is 5.41 Å². The molecule has 7 heteroatoms. The third kappa shape index (κ3) is 3.89. The normalized spacial score (nSPS) is 20.3. The maximum Gasteiger partial charge on any atom is 0.281 e. The Bertz CT molecular complexity index is 959. The van der Waals surface area contributed by atoms with Crippen LogP contribution >= 0.6 is 0 Å². The van der Waals surface area contributed by atoms with E-state index in [1.807, 2.05) is 0 Å². The van der Waals surface area contributed by atoms with E-state index < -0.39 is 10.2 Å². The fraction of sp³-hybridized carbons (Fsp3) is 0.545. The standard InChI is InChI=1S/C22H31N3O3S/c1-4-19-9-10-20(28-19)16-24-15-18-7-5-6-8-21(18)22(17-24)11-13-25(14-12-22)29(26,27)23(2)3/h5-10H,4,11-17H2,1-3H3. The van der Waals surface area contributed by atoms with Crippen molar-refractivity contribution in [2.45, 2.75) is 44.7 Å². The maximum atomic E-state index is 12.6. The van der Waals surface area contributed by atoms with Crippen molar-refractivity contribution in [2.75, 3.05) is 33.7 Å². The first kappa shape index (κ1) is 20.6. The molecule has 0 aliphatic carbocycles. The summed E-state index contributed by atoms with van der Waals surface area (Å²) in [4.78, 5) is 2.46. The van der Waals surface area contributed by atoms with Crippen molar-refractivity contribution < 1.29 is 12.8 Å². The average molecular weight is 418 g/mol. The van der Waals surface area contributed by atoms with Gasteiger partial charge in [0.05, 0.1) is 6.54 Å². The molecule has 2 aliphatic heterocycles. The molecule has 0 saturated carbocycles. The second kappa shape index (κ2) is 7.87. The molecule has 4 rings (SSSR count). The molecule has 0 bridgehead atoms. The molecule has 29 heavy (non-hydrogen) atoms. The van der Waals surface area contributed by atoms with Gasteiger partial charge in [-0.25, -0.2) is 0 Å². The van der Waals surface area contributed by atoms with E-state index >= 15 is 0 Å². The second-order valence-corrected chi connectivity index (χ2v) is 10.6. The fourth-order valence-electron chi connectivity index (χ4n) is 4.82. The zero-order valence-corrected chi connectivity index (χ0v) is 18.4. The Morgan fingerprint density at radius 1 is 1.07 bits per heavy atom. The molecule has 2 aromatic rings. The second-order valence-electron chi connectivity index (χ2n) is 8.49. The Morgan fingerprint density at radius 2 is 1.76 bits per heavy atom. The molecule has 0 unspecified atom stereocenters. The minimum absolute atomic E-state index is 0.00659. The number of aryl methyl sites for hydroxylation is 1. The Morgan fingerprint density at radius 3 is 2.41 bits per heavy atom. The number of piperidine rings is 1. The van der Waals surface area contributed by atoms with Crippen molar-refractivity contribution in [1.82, 2.24) is 13.5 Å². The summed E-state index contributed by atoms with van der Waals surface area (Å²) in [6.07, 6.45) is 2.58. The summed E-state index contributed by atoms with van der Waals surface area (Å²) in [6, 6.07) is 12.8. The molecule has 1 saturated heterocycles. The van der Waals surface area contributed by atoms with Crippen molar-refractivity contribution in [3.63, 3.8) is 0 Å². The molecule has 1 aromatic heterocycles. The topological polar surface area (TPSA) is 57.0 Å². The summed E-state index contributed by atoms with van der Waals surface area (Å²) in [5.41, 5.74) is 2.74. The van der Waals surface area contributed by atoms with E-state index in [1.54, 1.807) is 18.4 Å². The van der Waals surface area contributed by atoms with Gasteiger partial charge in [-0.3, -0.25) is 4.90 Å². The summed E-state index contributed by atoms with van der Waals surface area (Å²) >= 11 is 0.